The zero-order chi connectivity index (χ0) is 24.2. The Morgan fingerprint density at radius 2 is 1.97 bits per heavy atom. The quantitative estimate of drug-likeness (QED) is 0.359. The van der Waals surface area contributed by atoms with Crippen molar-refractivity contribution in [2.45, 2.75) is 31.7 Å². The number of benzene rings is 2. The first-order valence-electron chi connectivity index (χ1n) is 11.6. The lowest BCUT2D eigenvalue weighted by Gasteiger charge is -2.32. The van der Waals surface area contributed by atoms with E-state index in [1.165, 1.54) is 0 Å². The second-order valence-electron chi connectivity index (χ2n) is 8.47. The molecule has 4 aromatic rings. The van der Waals surface area contributed by atoms with E-state index in [2.05, 4.69) is 10.1 Å². The van der Waals surface area contributed by atoms with Crippen molar-refractivity contribution in [3.63, 3.8) is 0 Å². The first-order chi connectivity index (χ1) is 17.2. The molecule has 1 fully saturated rings. The minimum absolute atomic E-state index is 0.190. The van der Waals surface area contributed by atoms with Gasteiger partial charge in [0.1, 0.15) is 29.0 Å². The number of piperidine rings is 1. The monoisotopic (exact) mass is 473 g/mol. The smallest absolute Gasteiger partial charge is 0.293 e. The van der Waals surface area contributed by atoms with Crippen LogP contribution >= 0.6 is 0 Å². The highest BCUT2D eigenvalue weighted by Crippen LogP contribution is 2.33. The summed E-state index contributed by atoms with van der Waals surface area (Å²) in [6.07, 6.45) is 4.97. The van der Waals surface area contributed by atoms with Crippen molar-refractivity contribution in [1.29, 1.82) is 0 Å². The first kappa shape index (κ1) is 22.7. The highest BCUT2D eigenvalue weighted by molar-refractivity contribution is 5.92. The zero-order valence-corrected chi connectivity index (χ0v) is 19.8. The average Bonchev–Trinajstić information content (AvgIpc) is 3.59. The molecule has 8 nitrogen and oxygen atoms in total. The molecule has 5 rings (SSSR count). The Kier molecular flexibility index (Phi) is 6.52. The van der Waals surface area contributed by atoms with Crippen molar-refractivity contribution >= 4 is 5.91 Å². The summed E-state index contributed by atoms with van der Waals surface area (Å²) in [6, 6.07) is 16.7. The normalized spacial score (nSPS) is 15.7. The Labute approximate surface area is 203 Å². The van der Waals surface area contributed by atoms with Gasteiger partial charge in [-0.3, -0.25) is 4.79 Å². The third-order valence-corrected chi connectivity index (χ3v) is 6.26. The van der Waals surface area contributed by atoms with Gasteiger partial charge in [0.2, 0.25) is 11.7 Å². The number of likely N-dealkylation sites (tertiary alicyclic amines) is 1. The van der Waals surface area contributed by atoms with Gasteiger partial charge in [0.15, 0.2) is 0 Å². The molecular weight excluding hydrogens is 446 g/mol. The van der Waals surface area contributed by atoms with Crippen LogP contribution < -0.4 is 9.47 Å². The highest BCUT2D eigenvalue weighted by Gasteiger charge is 2.34. The molecule has 1 amide bonds. The van der Waals surface area contributed by atoms with E-state index in [0.717, 1.165) is 41.9 Å². The Morgan fingerprint density at radius 3 is 2.83 bits per heavy atom. The number of ether oxygens (including phenoxy) is 2. The molecule has 1 aliphatic heterocycles. The number of oxazole rings is 1. The van der Waals surface area contributed by atoms with Gasteiger partial charge in [0.05, 0.1) is 20.4 Å². The standard InChI is InChI=1S/C27H27N3O5/c1-32-20-10-7-9-18(14-20)22-16-25(35-29-22)27(31)30-13-6-5-11-23(30)26-28-17-21(34-26)15-19-8-3-4-12-24(19)33-2/h3-4,7-10,12,14,16-17,23H,5-6,11,13,15H2,1-2H3/t23-/m0/s1. The number of carbonyl (C=O) groups is 1. The number of hydrogen-bond donors (Lipinski definition) is 0. The lowest BCUT2D eigenvalue weighted by atomic mass is 10.0. The molecule has 1 aliphatic rings. The summed E-state index contributed by atoms with van der Waals surface area (Å²) >= 11 is 0. The van der Waals surface area contributed by atoms with Crippen LogP contribution in [-0.4, -0.2) is 41.7 Å². The maximum atomic E-state index is 13.4. The third-order valence-electron chi connectivity index (χ3n) is 6.26. The van der Waals surface area contributed by atoms with Crippen LogP contribution in [0.2, 0.25) is 0 Å². The highest BCUT2D eigenvalue weighted by atomic mass is 16.5. The Bertz CT molecular complexity index is 1310. The summed E-state index contributed by atoms with van der Waals surface area (Å²) in [6.45, 7) is 0.600. The average molecular weight is 474 g/mol. The predicted octanol–water partition coefficient (Wildman–Crippen LogP) is 5.31. The fraction of sp³-hybridized carbons (Fsp3) is 0.296. The van der Waals surface area contributed by atoms with Crippen LogP contribution in [0.1, 0.15) is 53.1 Å². The van der Waals surface area contributed by atoms with Crippen LogP contribution in [0, 0.1) is 0 Å². The van der Waals surface area contributed by atoms with Crippen molar-refractivity contribution in [2.24, 2.45) is 0 Å². The van der Waals surface area contributed by atoms with Crippen LogP contribution in [-0.2, 0) is 6.42 Å². The molecule has 0 unspecified atom stereocenters. The number of rotatable bonds is 7. The predicted molar refractivity (Wildman–Crippen MR) is 128 cm³/mol. The molecular formula is C27H27N3O5. The van der Waals surface area contributed by atoms with Gasteiger partial charge in [-0.15, -0.1) is 0 Å². The fourth-order valence-electron chi connectivity index (χ4n) is 4.46. The van der Waals surface area contributed by atoms with Crippen LogP contribution in [0.3, 0.4) is 0 Å². The number of nitrogens with zero attached hydrogens (tertiary/aromatic N) is 3. The minimum atomic E-state index is -0.256. The summed E-state index contributed by atoms with van der Waals surface area (Å²) < 4.78 is 22.3. The summed E-state index contributed by atoms with van der Waals surface area (Å²) in [7, 11) is 3.26. The minimum Gasteiger partial charge on any atom is -0.497 e. The van der Waals surface area contributed by atoms with E-state index in [-0.39, 0.29) is 17.7 Å². The summed E-state index contributed by atoms with van der Waals surface area (Å²) in [5, 5.41) is 4.11. The maximum absolute atomic E-state index is 13.4. The van der Waals surface area contributed by atoms with Crippen LogP contribution in [0.25, 0.3) is 11.3 Å². The van der Waals surface area contributed by atoms with Gasteiger partial charge in [-0.25, -0.2) is 4.98 Å². The van der Waals surface area contributed by atoms with Gasteiger partial charge in [-0.1, -0.05) is 35.5 Å². The van der Waals surface area contributed by atoms with Crippen molar-refractivity contribution < 1.29 is 23.2 Å². The molecule has 3 heterocycles. The topological polar surface area (TPSA) is 90.8 Å². The van der Waals surface area contributed by atoms with Gasteiger partial charge in [0.25, 0.3) is 5.91 Å². The van der Waals surface area contributed by atoms with E-state index in [0.29, 0.717) is 30.3 Å². The molecule has 0 aliphatic carbocycles. The molecule has 0 bridgehead atoms. The largest absolute Gasteiger partial charge is 0.497 e. The van der Waals surface area contributed by atoms with Gasteiger partial charge in [0, 0.05) is 30.2 Å². The summed E-state index contributed by atoms with van der Waals surface area (Å²) in [5.74, 6) is 2.74. The molecule has 180 valence electrons. The second kappa shape index (κ2) is 10.0. The molecule has 0 radical (unpaired) electrons. The molecule has 35 heavy (non-hydrogen) atoms. The molecule has 8 heteroatoms. The number of amides is 1. The lowest BCUT2D eigenvalue weighted by Crippen LogP contribution is -2.38. The number of para-hydroxylation sites is 1. The van der Waals surface area contributed by atoms with E-state index in [4.69, 9.17) is 18.4 Å². The van der Waals surface area contributed by atoms with E-state index >= 15 is 0 Å². The molecule has 2 aromatic heterocycles. The number of hydrogen-bond acceptors (Lipinski definition) is 7. The molecule has 0 N–H and O–H groups in total. The van der Waals surface area contributed by atoms with E-state index < -0.39 is 0 Å². The van der Waals surface area contributed by atoms with Crippen molar-refractivity contribution in [2.75, 3.05) is 20.8 Å². The first-order valence-corrected chi connectivity index (χ1v) is 11.6. The van der Waals surface area contributed by atoms with Crippen molar-refractivity contribution in [3.8, 4) is 22.8 Å². The van der Waals surface area contributed by atoms with Gasteiger partial charge in [-0.2, -0.15) is 0 Å². The lowest BCUT2D eigenvalue weighted by molar-refractivity contribution is 0.0528. The van der Waals surface area contributed by atoms with Crippen LogP contribution in [0.5, 0.6) is 11.5 Å². The summed E-state index contributed by atoms with van der Waals surface area (Å²) in [4.78, 5) is 19.7. The third kappa shape index (κ3) is 4.77. The molecule has 1 atom stereocenters. The number of carbonyl (C=O) groups excluding carboxylic acids is 1. The van der Waals surface area contributed by atoms with Gasteiger partial charge in [-0.05, 0) is 37.5 Å². The Morgan fingerprint density at radius 1 is 1.09 bits per heavy atom. The number of aromatic nitrogens is 2. The van der Waals surface area contributed by atoms with Crippen LogP contribution in [0.15, 0.2) is 69.7 Å². The van der Waals surface area contributed by atoms with E-state index in [9.17, 15) is 4.79 Å². The van der Waals surface area contributed by atoms with Crippen molar-refractivity contribution in [3.05, 3.63) is 83.8 Å². The van der Waals surface area contributed by atoms with E-state index in [1.54, 1.807) is 31.4 Å². The second-order valence-corrected chi connectivity index (χ2v) is 8.47. The molecule has 2 aromatic carbocycles. The molecule has 0 saturated carbocycles. The zero-order valence-electron chi connectivity index (χ0n) is 19.8. The number of methoxy groups -OCH3 is 2. The fourth-order valence-corrected chi connectivity index (χ4v) is 4.46. The van der Waals surface area contributed by atoms with Gasteiger partial charge >= 0.3 is 0 Å². The molecule has 0 spiro atoms. The molecule has 1 saturated heterocycles. The van der Waals surface area contributed by atoms with E-state index in [1.807, 2.05) is 48.5 Å². The Balaban J connectivity index is 1.35. The maximum Gasteiger partial charge on any atom is 0.293 e. The summed E-state index contributed by atoms with van der Waals surface area (Å²) in [5.41, 5.74) is 2.41. The Hall–Kier alpha value is -4.07. The van der Waals surface area contributed by atoms with Crippen molar-refractivity contribution in [1.82, 2.24) is 15.0 Å². The SMILES string of the molecule is COc1cccc(-c2cc(C(=O)N3CCCC[C@H]3c3ncc(Cc4ccccc4OC)o3)on2)c1. The van der Waals surface area contributed by atoms with Crippen LogP contribution in [0.4, 0.5) is 0 Å². The van der Waals surface area contributed by atoms with Gasteiger partial charge < -0.3 is 23.3 Å².